The van der Waals surface area contributed by atoms with Gasteiger partial charge in [0, 0.05) is 16.9 Å². The fourth-order valence-electron chi connectivity index (χ4n) is 1.75. The predicted octanol–water partition coefficient (Wildman–Crippen LogP) is 3.51. The number of hydrogen-bond acceptors (Lipinski definition) is 4. The molecule has 0 aliphatic rings. The highest BCUT2D eigenvalue weighted by Gasteiger charge is 2.23. The Morgan fingerprint density at radius 1 is 1.24 bits per heavy atom. The Labute approximate surface area is 132 Å². The molecule has 0 bridgehead atoms. The van der Waals surface area contributed by atoms with E-state index in [1.165, 1.54) is 25.4 Å². The number of methoxy groups -OCH3 is 1. The Hall–Kier alpha value is -1.50. The van der Waals surface area contributed by atoms with Crippen LogP contribution in [0.3, 0.4) is 0 Å². The number of nitrogens with one attached hydrogen (secondary N) is 1. The molecule has 1 N–H and O–H groups in total. The van der Waals surface area contributed by atoms with E-state index in [9.17, 15) is 8.42 Å². The number of benzene rings is 1. The number of ether oxygens (including phenoxy) is 1. The molecule has 2 aromatic rings. The van der Waals surface area contributed by atoms with E-state index < -0.39 is 10.0 Å². The van der Waals surface area contributed by atoms with Gasteiger partial charge < -0.3 is 4.74 Å². The molecule has 1 aromatic carbocycles. The van der Waals surface area contributed by atoms with E-state index in [-0.39, 0.29) is 20.7 Å². The molecule has 0 aliphatic heterocycles. The zero-order chi connectivity index (χ0) is 15.6. The van der Waals surface area contributed by atoms with Crippen molar-refractivity contribution in [2.75, 3.05) is 11.8 Å². The lowest BCUT2D eigenvalue weighted by atomic mass is 10.3. The molecule has 8 heteroatoms. The zero-order valence-electron chi connectivity index (χ0n) is 11.2. The summed E-state index contributed by atoms with van der Waals surface area (Å²) in [7, 11) is -2.55. The zero-order valence-corrected chi connectivity index (χ0v) is 13.6. The average Bonchev–Trinajstić information content (AvgIpc) is 2.37. The summed E-state index contributed by atoms with van der Waals surface area (Å²) in [6.45, 7) is 1.76. The van der Waals surface area contributed by atoms with Crippen LogP contribution in [0.15, 0.2) is 35.4 Å². The van der Waals surface area contributed by atoms with Crippen LogP contribution in [0.25, 0.3) is 0 Å². The first-order valence-corrected chi connectivity index (χ1v) is 8.06. The number of rotatable bonds is 4. The van der Waals surface area contributed by atoms with Gasteiger partial charge in [0.05, 0.1) is 17.8 Å². The highest BCUT2D eigenvalue weighted by atomic mass is 35.5. The van der Waals surface area contributed by atoms with Crippen molar-refractivity contribution in [2.24, 2.45) is 0 Å². The third kappa shape index (κ3) is 3.58. The predicted molar refractivity (Wildman–Crippen MR) is 82.8 cm³/mol. The SMILES string of the molecule is COc1c(Cl)cc(Cl)cc1S(=O)(=O)Nc1ccnc(C)c1. The summed E-state index contributed by atoms with van der Waals surface area (Å²) in [5.74, 6) is 0.0411. The second kappa shape index (κ2) is 6.09. The van der Waals surface area contributed by atoms with E-state index in [1.54, 1.807) is 19.1 Å². The summed E-state index contributed by atoms with van der Waals surface area (Å²) in [4.78, 5) is 3.87. The summed E-state index contributed by atoms with van der Waals surface area (Å²) in [6.07, 6.45) is 1.51. The number of halogens is 2. The number of hydrogen-bond donors (Lipinski definition) is 1. The molecule has 0 radical (unpaired) electrons. The van der Waals surface area contributed by atoms with Crippen LogP contribution in [0.2, 0.25) is 10.0 Å². The van der Waals surface area contributed by atoms with E-state index in [1.807, 2.05) is 0 Å². The summed E-state index contributed by atoms with van der Waals surface area (Å²) in [5, 5.41) is 0.323. The van der Waals surface area contributed by atoms with Crippen molar-refractivity contribution in [3.63, 3.8) is 0 Å². The number of anilines is 1. The molecule has 0 saturated heterocycles. The van der Waals surface area contributed by atoms with Crippen LogP contribution < -0.4 is 9.46 Å². The molecule has 0 saturated carbocycles. The van der Waals surface area contributed by atoms with Gasteiger partial charge in [0.1, 0.15) is 4.90 Å². The Kier molecular flexibility index (Phi) is 4.61. The molecule has 1 aromatic heterocycles. The molecule has 112 valence electrons. The minimum atomic E-state index is -3.89. The highest BCUT2D eigenvalue weighted by Crippen LogP contribution is 2.35. The Bertz CT molecular complexity index is 779. The largest absolute Gasteiger partial charge is 0.494 e. The summed E-state index contributed by atoms with van der Waals surface area (Å²) in [6, 6.07) is 5.85. The Morgan fingerprint density at radius 2 is 1.95 bits per heavy atom. The van der Waals surface area contributed by atoms with Crippen molar-refractivity contribution in [3.8, 4) is 5.75 Å². The normalized spacial score (nSPS) is 11.2. The maximum absolute atomic E-state index is 12.5. The lowest BCUT2D eigenvalue weighted by molar-refractivity contribution is 0.403. The number of aryl methyl sites for hydroxylation is 1. The van der Waals surface area contributed by atoms with E-state index >= 15 is 0 Å². The molecule has 1 heterocycles. The van der Waals surface area contributed by atoms with Crippen molar-refractivity contribution < 1.29 is 13.2 Å². The summed E-state index contributed by atoms with van der Waals surface area (Å²) in [5.41, 5.74) is 1.08. The molecule has 0 aliphatic carbocycles. The van der Waals surface area contributed by atoms with E-state index in [4.69, 9.17) is 27.9 Å². The third-order valence-electron chi connectivity index (χ3n) is 2.62. The molecule has 2 rings (SSSR count). The molecular weight excluding hydrogens is 335 g/mol. The molecule has 5 nitrogen and oxygen atoms in total. The lowest BCUT2D eigenvalue weighted by Crippen LogP contribution is -2.14. The molecule has 0 amide bonds. The van der Waals surface area contributed by atoms with Gasteiger partial charge in [0.15, 0.2) is 5.75 Å². The van der Waals surface area contributed by atoms with Gasteiger partial charge in [-0.2, -0.15) is 0 Å². The van der Waals surface area contributed by atoms with E-state index in [2.05, 4.69) is 9.71 Å². The van der Waals surface area contributed by atoms with Gasteiger partial charge >= 0.3 is 0 Å². The number of aromatic nitrogens is 1. The molecule has 0 fully saturated rings. The standard InChI is InChI=1S/C13H12Cl2N2O3S/c1-8-5-10(3-4-16-8)17-21(18,19)12-7-9(14)6-11(15)13(12)20-2/h3-7H,1-2H3,(H,16,17). The first-order valence-electron chi connectivity index (χ1n) is 5.82. The molecular formula is C13H12Cl2N2O3S. The molecule has 21 heavy (non-hydrogen) atoms. The van der Waals surface area contributed by atoms with Crippen molar-refractivity contribution in [3.05, 3.63) is 46.2 Å². The van der Waals surface area contributed by atoms with Crippen molar-refractivity contribution in [1.29, 1.82) is 0 Å². The van der Waals surface area contributed by atoms with Gasteiger partial charge in [0.2, 0.25) is 0 Å². The summed E-state index contributed by atoms with van der Waals surface area (Å²) >= 11 is 11.8. The fourth-order valence-corrected chi connectivity index (χ4v) is 3.71. The molecule has 0 atom stereocenters. The minimum Gasteiger partial charge on any atom is -0.494 e. The quantitative estimate of drug-likeness (QED) is 0.919. The molecule has 0 spiro atoms. The molecule has 0 unspecified atom stereocenters. The van der Waals surface area contributed by atoms with Crippen LogP contribution in [0.1, 0.15) is 5.69 Å². The van der Waals surface area contributed by atoms with E-state index in [0.29, 0.717) is 11.4 Å². The topological polar surface area (TPSA) is 68.3 Å². The minimum absolute atomic E-state index is 0.0411. The smallest absolute Gasteiger partial charge is 0.265 e. The summed E-state index contributed by atoms with van der Waals surface area (Å²) < 4.78 is 32.4. The number of nitrogens with zero attached hydrogens (tertiary/aromatic N) is 1. The Balaban J connectivity index is 2.49. The second-order valence-corrected chi connectivity index (χ2v) is 6.70. The lowest BCUT2D eigenvalue weighted by Gasteiger charge is -2.13. The monoisotopic (exact) mass is 346 g/mol. The van der Waals surface area contributed by atoms with Gasteiger partial charge in [-0.15, -0.1) is 0 Å². The number of sulfonamides is 1. The van der Waals surface area contributed by atoms with Crippen molar-refractivity contribution in [1.82, 2.24) is 4.98 Å². The van der Waals surface area contributed by atoms with Crippen LogP contribution in [0.5, 0.6) is 5.75 Å². The highest BCUT2D eigenvalue weighted by molar-refractivity contribution is 7.92. The van der Waals surface area contributed by atoms with Gasteiger partial charge in [-0.25, -0.2) is 8.42 Å². The van der Waals surface area contributed by atoms with Crippen LogP contribution in [0.4, 0.5) is 5.69 Å². The fraction of sp³-hybridized carbons (Fsp3) is 0.154. The van der Waals surface area contributed by atoms with Crippen LogP contribution >= 0.6 is 23.2 Å². The first-order chi connectivity index (χ1) is 9.83. The average molecular weight is 347 g/mol. The van der Waals surface area contributed by atoms with E-state index in [0.717, 1.165) is 0 Å². The maximum Gasteiger partial charge on any atom is 0.265 e. The second-order valence-electron chi connectivity index (χ2n) is 4.21. The van der Waals surface area contributed by atoms with Crippen molar-refractivity contribution >= 4 is 38.9 Å². The van der Waals surface area contributed by atoms with Gasteiger partial charge in [-0.1, -0.05) is 23.2 Å². The first kappa shape index (κ1) is 15.9. The van der Waals surface area contributed by atoms with Gasteiger partial charge in [-0.3, -0.25) is 9.71 Å². The third-order valence-corrected chi connectivity index (χ3v) is 4.50. The van der Waals surface area contributed by atoms with Crippen LogP contribution in [-0.4, -0.2) is 20.5 Å². The van der Waals surface area contributed by atoms with Gasteiger partial charge in [-0.05, 0) is 31.2 Å². The Morgan fingerprint density at radius 3 is 2.57 bits per heavy atom. The van der Waals surface area contributed by atoms with Crippen molar-refractivity contribution in [2.45, 2.75) is 11.8 Å². The van der Waals surface area contributed by atoms with Crippen LogP contribution in [0, 0.1) is 6.92 Å². The maximum atomic E-state index is 12.5. The number of pyridine rings is 1. The van der Waals surface area contributed by atoms with Gasteiger partial charge in [0.25, 0.3) is 10.0 Å². The van der Waals surface area contributed by atoms with Crippen LogP contribution in [-0.2, 0) is 10.0 Å².